The van der Waals surface area contributed by atoms with Gasteiger partial charge in [-0.15, -0.1) is 0 Å². The Balaban J connectivity index is 1.99. The Morgan fingerprint density at radius 1 is 0.767 bits per heavy atom. The maximum absolute atomic E-state index is 13.8. The lowest BCUT2D eigenvalue weighted by Gasteiger charge is -2.09. The van der Waals surface area contributed by atoms with Gasteiger partial charge in [0.05, 0.1) is 12.7 Å². The third-order valence-electron chi connectivity index (χ3n) is 4.80. The zero-order valence-electron chi connectivity index (χ0n) is 17.5. The standard InChI is InChI=1S/C27H22F2O/c1-5-23-14-21(10-11-22-15-25(28)19(3)26(29)16-22)17-27(30-4)24(23)13-12-20-8-6-18(2)7-9-20/h6-9,14-17H,5H2,1-4H3. The third kappa shape index (κ3) is 4.88. The topological polar surface area (TPSA) is 9.23 Å². The lowest BCUT2D eigenvalue weighted by molar-refractivity contribution is 0.413. The van der Waals surface area contributed by atoms with Crippen LogP contribution in [0.3, 0.4) is 0 Å². The monoisotopic (exact) mass is 400 g/mol. The smallest absolute Gasteiger partial charge is 0.136 e. The number of rotatable bonds is 2. The Labute approximate surface area is 176 Å². The molecule has 0 saturated heterocycles. The van der Waals surface area contributed by atoms with Crippen LogP contribution in [-0.4, -0.2) is 7.11 Å². The van der Waals surface area contributed by atoms with Crippen molar-refractivity contribution in [3.8, 4) is 29.4 Å². The number of benzene rings is 3. The van der Waals surface area contributed by atoms with E-state index < -0.39 is 11.6 Å². The van der Waals surface area contributed by atoms with Crippen LogP contribution in [0, 0.1) is 49.2 Å². The molecule has 3 aromatic carbocycles. The molecular weight excluding hydrogens is 378 g/mol. The van der Waals surface area contributed by atoms with Crippen molar-refractivity contribution in [2.75, 3.05) is 7.11 Å². The van der Waals surface area contributed by atoms with Gasteiger partial charge in [0.2, 0.25) is 0 Å². The minimum atomic E-state index is -0.604. The zero-order chi connectivity index (χ0) is 21.7. The average Bonchev–Trinajstić information content (AvgIpc) is 2.75. The molecule has 150 valence electrons. The van der Waals surface area contributed by atoms with Crippen LogP contribution in [-0.2, 0) is 6.42 Å². The van der Waals surface area contributed by atoms with Crippen molar-refractivity contribution in [1.82, 2.24) is 0 Å². The predicted octanol–water partition coefficient (Wildman–Crippen LogP) is 5.95. The Hall–Kier alpha value is -3.56. The van der Waals surface area contributed by atoms with Crippen molar-refractivity contribution in [1.29, 1.82) is 0 Å². The summed E-state index contributed by atoms with van der Waals surface area (Å²) >= 11 is 0. The van der Waals surface area contributed by atoms with Gasteiger partial charge in [-0.05, 0) is 62.2 Å². The first kappa shape index (κ1) is 21.2. The number of hydrogen-bond donors (Lipinski definition) is 0. The van der Waals surface area contributed by atoms with Crippen molar-refractivity contribution in [2.24, 2.45) is 0 Å². The largest absolute Gasteiger partial charge is 0.495 e. The molecule has 0 unspecified atom stereocenters. The molecule has 1 nitrogen and oxygen atoms in total. The second-order valence-corrected chi connectivity index (χ2v) is 7.00. The molecule has 0 aliphatic carbocycles. The van der Waals surface area contributed by atoms with E-state index in [0.717, 1.165) is 23.1 Å². The van der Waals surface area contributed by atoms with E-state index in [4.69, 9.17) is 4.74 Å². The minimum Gasteiger partial charge on any atom is -0.495 e. The van der Waals surface area contributed by atoms with E-state index in [1.54, 1.807) is 13.2 Å². The average molecular weight is 400 g/mol. The Morgan fingerprint density at radius 2 is 1.33 bits per heavy atom. The van der Waals surface area contributed by atoms with E-state index in [0.29, 0.717) is 11.3 Å². The quantitative estimate of drug-likeness (QED) is 0.483. The summed E-state index contributed by atoms with van der Waals surface area (Å²) in [6.45, 7) is 5.47. The molecule has 0 spiro atoms. The molecule has 3 heteroatoms. The molecule has 30 heavy (non-hydrogen) atoms. The first-order valence-corrected chi connectivity index (χ1v) is 9.68. The fourth-order valence-corrected chi connectivity index (χ4v) is 2.96. The SMILES string of the molecule is CCc1cc(C#Cc2cc(F)c(C)c(F)c2)cc(OC)c1C#Cc1ccc(C)cc1. The molecule has 0 radical (unpaired) electrons. The Morgan fingerprint density at radius 3 is 1.90 bits per heavy atom. The van der Waals surface area contributed by atoms with E-state index in [2.05, 4.69) is 23.7 Å². The van der Waals surface area contributed by atoms with Crippen molar-refractivity contribution in [3.05, 3.63) is 99.1 Å². The number of hydrogen-bond acceptors (Lipinski definition) is 1. The highest BCUT2D eigenvalue weighted by atomic mass is 19.1. The molecule has 0 amide bonds. The second kappa shape index (κ2) is 9.29. The van der Waals surface area contributed by atoms with Crippen molar-refractivity contribution in [3.63, 3.8) is 0 Å². The second-order valence-electron chi connectivity index (χ2n) is 7.00. The lowest BCUT2D eigenvalue weighted by Crippen LogP contribution is -1.96. The third-order valence-corrected chi connectivity index (χ3v) is 4.80. The maximum Gasteiger partial charge on any atom is 0.136 e. The summed E-state index contributed by atoms with van der Waals surface area (Å²) in [7, 11) is 1.59. The molecule has 0 saturated carbocycles. The molecule has 0 atom stereocenters. The summed E-state index contributed by atoms with van der Waals surface area (Å²) in [5, 5.41) is 0. The first-order chi connectivity index (χ1) is 14.4. The van der Waals surface area contributed by atoms with Gasteiger partial charge in [-0.1, -0.05) is 48.3 Å². The van der Waals surface area contributed by atoms with E-state index >= 15 is 0 Å². The predicted molar refractivity (Wildman–Crippen MR) is 117 cm³/mol. The van der Waals surface area contributed by atoms with Crippen LogP contribution >= 0.6 is 0 Å². The summed E-state index contributed by atoms with van der Waals surface area (Å²) in [4.78, 5) is 0. The first-order valence-electron chi connectivity index (χ1n) is 9.68. The van der Waals surface area contributed by atoms with Crippen molar-refractivity contribution in [2.45, 2.75) is 27.2 Å². The highest BCUT2D eigenvalue weighted by Gasteiger charge is 2.09. The molecule has 0 bridgehead atoms. The molecule has 0 fully saturated rings. The van der Waals surface area contributed by atoms with E-state index in [1.807, 2.05) is 44.2 Å². The molecule has 0 aliphatic heterocycles. The Kier molecular flexibility index (Phi) is 6.55. The van der Waals surface area contributed by atoms with Gasteiger partial charge < -0.3 is 4.74 Å². The molecule has 0 aliphatic rings. The van der Waals surface area contributed by atoms with Gasteiger partial charge in [-0.2, -0.15) is 0 Å². The van der Waals surface area contributed by atoms with Gasteiger partial charge in [-0.3, -0.25) is 0 Å². The van der Waals surface area contributed by atoms with Crippen LogP contribution in [0.1, 0.15) is 45.9 Å². The summed E-state index contributed by atoms with van der Waals surface area (Å²) < 4.78 is 33.1. The summed E-state index contributed by atoms with van der Waals surface area (Å²) in [5.41, 5.74) is 4.91. The van der Waals surface area contributed by atoms with Crippen LogP contribution in [0.25, 0.3) is 0 Å². The van der Waals surface area contributed by atoms with Crippen LogP contribution in [0.5, 0.6) is 5.75 Å². The summed E-state index contributed by atoms with van der Waals surface area (Å²) in [5.74, 6) is 11.6. The summed E-state index contributed by atoms with van der Waals surface area (Å²) in [6, 6.07) is 14.2. The molecule has 0 N–H and O–H groups in total. The van der Waals surface area contributed by atoms with Crippen molar-refractivity contribution >= 4 is 0 Å². The fraction of sp³-hybridized carbons (Fsp3) is 0.185. The van der Waals surface area contributed by atoms with Crippen LogP contribution < -0.4 is 4.74 Å². The molecule has 0 heterocycles. The number of ether oxygens (including phenoxy) is 1. The van der Waals surface area contributed by atoms with Crippen molar-refractivity contribution < 1.29 is 13.5 Å². The fourth-order valence-electron chi connectivity index (χ4n) is 2.96. The van der Waals surface area contributed by atoms with Gasteiger partial charge in [0.25, 0.3) is 0 Å². The highest BCUT2D eigenvalue weighted by molar-refractivity contribution is 5.59. The molecule has 3 aromatic rings. The maximum atomic E-state index is 13.8. The van der Waals surface area contributed by atoms with Gasteiger partial charge >= 0.3 is 0 Å². The Bertz CT molecular complexity index is 1150. The van der Waals surface area contributed by atoms with Gasteiger partial charge in [0.1, 0.15) is 17.4 Å². The number of halogens is 2. The normalized spacial score (nSPS) is 9.93. The number of aryl methyl sites for hydroxylation is 2. The minimum absolute atomic E-state index is 0.00741. The number of methoxy groups -OCH3 is 1. The van der Waals surface area contributed by atoms with E-state index in [9.17, 15) is 8.78 Å². The lowest BCUT2D eigenvalue weighted by atomic mass is 10.00. The highest BCUT2D eigenvalue weighted by Crippen LogP contribution is 2.25. The van der Waals surface area contributed by atoms with E-state index in [1.165, 1.54) is 24.6 Å². The molecule has 0 aromatic heterocycles. The molecule has 3 rings (SSSR count). The van der Waals surface area contributed by atoms with Gasteiger partial charge in [0.15, 0.2) is 0 Å². The van der Waals surface area contributed by atoms with E-state index in [-0.39, 0.29) is 11.1 Å². The van der Waals surface area contributed by atoms with Gasteiger partial charge in [-0.25, -0.2) is 8.78 Å². The van der Waals surface area contributed by atoms with Crippen LogP contribution in [0.4, 0.5) is 8.78 Å². The van der Waals surface area contributed by atoms with Crippen LogP contribution in [0.15, 0.2) is 48.5 Å². The molecular formula is C27H22F2O. The van der Waals surface area contributed by atoms with Crippen LogP contribution in [0.2, 0.25) is 0 Å². The van der Waals surface area contributed by atoms with Gasteiger partial charge in [0, 0.05) is 22.3 Å². The zero-order valence-corrected chi connectivity index (χ0v) is 17.5. The summed E-state index contributed by atoms with van der Waals surface area (Å²) in [6.07, 6.45) is 0.748.